The van der Waals surface area contributed by atoms with Crippen molar-refractivity contribution in [3.63, 3.8) is 0 Å². The van der Waals surface area contributed by atoms with E-state index in [-0.39, 0.29) is 0 Å². The van der Waals surface area contributed by atoms with E-state index in [1.807, 2.05) is 0 Å². The summed E-state index contributed by atoms with van der Waals surface area (Å²) >= 11 is 0. The number of rotatable bonds is 4. The van der Waals surface area contributed by atoms with Gasteiger partial charge in [-0.15, -0.1) is 0 Å². The highest BCUT2D eigenvalue weighted by Crippen LogP contribution is 2.38. The first-order valence-electron chi connectivity index (χ1n) is 8.48. The number of benzene rings is 1. The molecule has 1 heterocycles. The van der Waals surface area contributed by atoms with Gasteiger partial charge in [0.1, 0.15) is 0 Å². The number of hydrogen-bond acceptors (Lipinski definition) is 2. The van der Waals surface area contributed by atoms with Gasteiger partial charge in [-0.3, -0.25) is 4.98 Å². The Balaban J connectivity index is 1.57. The van der Waals surface area contributed by atoms with Gasteiger partial charge < -0.3 is 5.32 Å². The van der Waals surface area contributed by atoms with Crippen LogP contribution in [-0.4, -0.2) is 17.6 Å². The lowest BCUT2D eigenvalue weighted by molar-refractivity contribution is 0.294. The van der Waals surface area contributed by atoms with Crippen molar-refractivity contribution in [2.24, 2.45) is 5.92 Å². The van der Waals surface area contributed by atoms with Crippen molar-refractivity contribution >= 4 is 10.9 Å². The molecule has 1 aromatic heterocycles. The van der Waals surface area contributed by atoms with E-state index >= 15 is 0 Å². The molecule has 1 N–H and O–H groups in total. The molecule has 2 saturated carbocycles. The molecule has 0 bridgehead atoms. The van der Waals surface area contributed by atoms with Gasteiger partial charge >= 0.3 is 0 Å². The zero-order valence-electron chi connectivity index (χ0n) is 12.6. The number of para-hydroxylation sites is 1. The van der Waals surface area contributed by atoms with Crippen LogP contribution in [0.15, 0.2) is 36.5 Å². The van der Waals surface area contributed by atoms with E-state index in [0.717, 1.165) is 17.5 Å². The van der Waals surface area contributed by atoms with E-state index in [4.69, 9.17) is 0 Å². The zero-order chi connectivity index (χ0) is 14.1. The van der Waals surface area contributed by atoms with Crippen LogP contribution < -0.4 is 5.32 Å². The predicted molar refractivity (Wildman–Crippen MR) is 87.5 cm³/mol. The van der Waals surface area contributed by atoms with Crippen molar-refractivity contribution in [1.29, 1.82) is 0 Å². The van der Waals surface area contributed by atoms with Crippen LogP contribution in [-0.2, 0) is 0 Å². The molecule has 2 aliphatic carbocycles. The summed E-state index contributed by atoms with van der Waals surface area (Å²) in [5, 5.41) is 5.03. The highest BCUT2D eigenvalue weighted by Gasteiger charge is 2.29. The molecule has 2 nitrogen and oxygen atoms in total. The topological polar surface area (TPSA) is 24.9 Å². The normalized spacial score (nSPS) is 26.1. The molecule has 21 heavy (non-hydrogen) atoms. The second kappa shape index (κ2) is 5.76. The number of pyridine rings is 1. The maximum absolute atomic E-state index is 4.68. The summed E-state index contributed by atoms with van der Waals surface area (Å²) in [6.45, 7) is 1.20. The molecule has 4 rings (SSSR count). The molecule has 2 fully saturated rings. The lowest BCUT2D eigenvalue weighted by Gasteiger charge is -2.32. The van der Waals surface area contributed by atoms with Crippen molar-refractivity contribution < 1.29 is 0 Å². The minimum absolute atomic E-state index is 0.696. The highest BCUT2D eigenvalue weighted by molar-refractivity contribution is 5.78. The van der Waals surface area contributed by atoms with Crippen LogP contribution in [0, 0.1) is 5.92 Å². The van der Waals surface area contributed by atoms with Gasteiger partial charge in [-0.05, 0) is 61.8 Å². The Kier molecular flexibility index (Phi) is 3.64. The summed E-state index contributed by atoms with van der Waals surface area (Å²) < 4.78 is 0. The van der Waals surface area contributed by atoms with Crippen LogP contribution in [0.5, 0.6) is 0 Å². The Hall–Kier alpha value is -1.41. The standard InChI is InChI=1S/C19H24N2/c1-3-7-18(15(6-1)12-20-17-9-10-17)16-11-14-5-2-4-8-19(14)21-13-16/h2,4-5,8,11,13,15,17-18,20H,1,3,6-7,9-10,12H2. The van der Waals surface area contributed by atoms with Gasteiger partial charge in [0.05, 0.1) is 5.52 Å². The molecule has 2 aliphatic rings. The number of nitrogens with zero attached hydrogens (tertiary/aromatic N) is 1. The summed E-state index contributed by atoms with van der Waals surface area (Å²) in [5.74, 6) is 1.49. The molecule has 0 aliphatic heterocycles. The summed E-state index contributed by atoms with van der Waals surface area (Å²) in [6, 6.07) is 11.7. The Morgan fingerprint density at radius 3 is 2.81 bits per heavy atom. The first-order valence-corrected chi connectivity index (χ1v) is 8.48. The molecular formula is C19H24N2. The monoisotopic (exact) mass is 280 g/mol. The minimum atomic E-state index is 0.696. The molecule has 2 heteroatoms. The molecule has 1 aromatic carbocycles. The van der Waals surface area contributed by atoms with Gasteiger partial charge in [0.25, 0.3) is 0 Å². The van der Waals surface area contributed by atoms with Crippen molar-refractivity contribution in [3.8, 4) is 0 Å². The van der Waals surface area contributed by atoms with Crippen molar-refractivity contribution in [2.75, 3.05) is 6.54 Å². The average Bonchev–Trinajstić information content (AvgIpc) is 3.37. The van der Waals surface area contributed by atoms with Crippen LogP contribution in [0.25, 0.3) is 10.9 Å². The second-order valence-electron chi connectivity index (χ2n) is 6.79. The van der Waals surface area contributed by atoms with E-state index in [1.165, 1.54) is 56.0 Å². The molecular weight excluding hydrogens is 256 g/mol. The minimum Gasteiger partial charge on any atom is -0.314 e. The largest absolute Gasteiger partial charge is 0.314 e. The van der Waals surface area contributed by atoms with Crippen molar-refractivity contribution in [3.05, 3.63) is 42.1 Å². The summed E-state index contributed by atoms with van der Waals surface area (Å²) in [7, 11) is 0. The number of hydrogen-bond donors (Lipinski definition) is 1. The first kappa shape index (κ1) is 13.3. The number of aromatic nitrogens is 1. The number of nitrogens with one attached hydrogen (secondary N) is 1. The molecule has 110 valence electrons. The Morgan fingerprint density at radius 2 is 1.90 bits per heavy atom. The number of fused-ring (bicyclic) bond motifs is 1. The van der Waals surface area contributed by atoms with E-state index in [2.05, 4.69) is 46.8 Å². The summed E-state index contributed by atoms with van der Waals surface area (Å²) in [6.07, 6.45) is 10.4. The fourth-order valence-corrected chi connectivity index (χ4v) is 3.79. The predicted octanol–water partition coefficient (Wildman–Crippen LogP) is 4.26. The van der Waals surface area contributed by atoms with E-state index in [1.54, 1.807) is 0 Å². The third-order valence-electron chi connectivity index (χ3n) is 5.19. The molecule has 0 amide bonds. The van der Waals surface area contributed by atoms with Gasteiger partial charge in [-0.1, -0.05) is 31.0 Å². The lowest BCUT2D eigenvalue weighted by Crippen LogP contribution is -2.30. The SMILES string of the molecule is c1ccc2ncc(C3CCCCC3CNC3CC3)cc2c1. The molecule has 2 aromatic rings. The highest BCUT2D eigenvalue weighted by atomic mass is 14.9. The van der Waals surface area contributed by atoms with Gasteiger partial charge in [0, 0.05) is 17.6 Å². The maximum atomic E-state index is 4.68. The maximum Gasteiger partial charge on any atom is 0.0702 e. The van der Waals surface area contributed by atoms with E-state index in [0.29, 0.717) is 5.92 Å². The fraction of sp³-hybridized carbons (Fsp3) is 0.526. The van der Waals surface area contributed by atoms with Crippen LogP contribution in [0.2, 0.25) is 0 Å². The van der Waals surface area contributed by atoms with Crippen LogP contribution in [0.1, 0.15) is 50.0 Å². The summed E-state index contributed by atoms with van der Waals surface area (Å²) in [4.78, 5) is 4.68. The van der Waals surface area contributed by atoms with Gasteiger partial charge in [-0.25, -0.2) is 0 Å². The Bertz CT molecular complexity index is 618. The third-order valence-corrected chi connectivity index (χ3v) is 5.19. The lowest BCUT2D eigenvalue weighted by atomic mass is 9.75. The van der Waals surface area contributed by atoms with Gasteiger partial charge in [-0.2, -0.15) is 0 Å². The van der Waals surface area contributed by atoms with Crippen molar-refractivity contribution in [1.82, 2.24) is 10.3 Å². The van der Waals surface area contributed by atoms with E-state index < -0.39 is 0 Å². The van der Waals surface area contributed by atoms with Crippen LogP contribution in [0.4, 0.5) is 0 Å². The average molecular weight is 280 g/mol. The Morgan fingerprint density at radius 1 is 1.05 bits per heavy atom. The van der Waals surface area contributed by atoms with Gasteiger partial charge in [0.2, 0.25) is 0 Å². The molecule has 0 radical (unpaired) electrons. The molecule has 2 atom stereocenters. The van der Waals surface area contributed by atoms with Crippen LogP contribution >= 0.6 is 0 Å². The fourth-order valence-electron chi connectivity index (χ4n) is 3.79. The zero-order valence-corrected chi connectivity index (χ0v) is 12.6. The van der Waals surface area contributed by atoms with Crippen LogP contribution in [0.3, 0.4) is 0 Å². The molecule has 2 unspecified atom stereocenters. The van der Waals surface area contributed by atoms with Crippen molar-refractivity contribution in [2.45, 2.75) is 50.5 Å². The first-order chi connectivity index (χ1) is 10.4. The summed E-state index contributed by atoms with van der Waals surface area (Å²) in [5.41, 5.74) is 2.57. The second-order valence-corrected chi connectivity index (χ2v) is 6.79. The third kappa shape index (κ3) is 2.96. The smallest absolute Gasteiger partial charge is 0.0702 e. The Labute approximate surface area is 127 Å². The molecule has 0 spiro atoms. The quantitative estimate of drug-likeness (QED) is 0.905. The van der Waals surface area contributed by atoms with Gasteiger partial charge in [0.15, 0.2) is 0 Å². The van der Waals surface area contributed by atoms with E-state index in [9.17, 15) is 0 Å². The molecule has 0 saturated heterocycles.